The Bertz CT molecular complexity index is 494. The summed E-state index contributed by atoms with van der Waals surface area (Å²) in [5.74, 6) is -0.0354. The van der Waals surface area contributed by atoms with E-state index in [4.69, 9.17) is 0 Å². The second-order valence-corrected chi connectivity index (χ2v) is 4.70. The molecule has 22 heavy (non-hydrogen) atoms. The van der Waals surface area contributed by atoms with Crippen LogP contribution in [0.4, 0.5) is 0 Å². The van der Waals surface area contributed by atoms with Gasteiger partial charge in [-0.3, -0.25) is 15.2 Å². The van der Waals surface area contributed by atoms with Crippen molar-refractivity contribution in [1.82, 2.24) is 15.2 Å². The van der Waals surface area contributed by atoms with Gasteiger partial charge in [0.1, 0.15) is 0 Å². The summed E-state index contributed by atoms with van der Waals surface area (Å²) >= 11 is 0. The average Bonchev–Trinajstić information content (AvgIpc) is 2.53. The van der Waals surface area contributed by atoms with E-state index >= 15 is 0 Å². The van der Waals surface area contributed by atoms with Gasteiger partial charge in [0.15, 0.2) is 0 Å². The summed E-state index contributed by atoms with van der Waals surface area (Å²) in [6.45, 7) is 3.65. The molecule has 0 aromatic heterocycles. The molecule has 0 amide bonds. The van der Waals surface area contributed by atoms with Crippen molar-refractivity contribution in [3.05, 3.63) is 39.9 Å². The van der Waals surface area contributed by atoms with E-state index in [9.17, 15) is 15.2 Å². The number of aliphatic imine (C=N–C) groups is 1. The van der Waals surface area contributed by atoms with Crippen LogP contribution in [-0.2, 0) is 16.5 Å². The van der Waals surface area contributed by atoms with Crippen molar-refractivity contribution in [1.29, 1.82) is 0 Å². The summed E-state index contributed by atoms with van der Waals surface area (Å²) in [5, 5.41) is 26.3. The van der Waals surface area contributed by atoms with Gasteiger partial charge in [-0.1, -0.05) is 24.3 Å². The van der Waals surface area contributed by atoms with Crippen LogP contribution >= 0.6 is 0 Å². The number of benzene rings is 1. The quantitative estimate of drug-likeness (QED) is 0.315. The van der Waals surface area contributed by atoms with Gasteiger partial charge in [-0.25, -0.2) is 5.01 Å². The Morgan fingerprint density at radius 2 is 1.91 bits per heavy atom. The van der Waals surface area contributed by atoms with Crippen LogP contribution in [0.1, 0.15) is 5.56 Å². The zero-order valence-electron chi connectivity index (χ0n) is 11.9. The van der Waals surface area contributed by atoms with E-state index in [0.717, 1.165) is 6.54 Å². The zero-order chi connectivity index (χ0) is 15.1. The maximum atomic E-state index is 11.5. The monoisotopic (exact) mass is 349 g/mol. The number of nitroso groups, excluding NO2 is 1. The van der Waals surface area contributed by atoms with E-state index < -0.39 is 0 Å². The topological polar surface area (TPSA) is 97.6 Å². The maximum absolute atomic E-state index is 11.5. The fourth-order valence-electron chi connectivity index (χ4n) is 2.13. The van der Waals surface area contributed by atoms with Gasteiger partial charge in [-0.2, -0.15) is 0 Å². The third kappa shape index (κ3) is 5.34. The van der Waals surface area contributed by atoms with Crippen LogP contribution in [0, 0.1) is 10.1 Å². The van der Waals surface area contributed by atoms with Gasteiger partial charge >= 0.3 is 16.5 Å². The molecule has 8 nitrogen and oxygen atoms in total. The van der Waals surface area contributed by atoms with Gasteiger partial charge < -0.3 is 10.3 Å². The molecule has 9 heteroatoms. The number of hydrogen-bond donors (Lipinski definition) is 0. The molecule has 1 fully saturated rings. The molecule has 1 aliphatic heterocycles. The molecular weight excluding hydrogens is 333 g/mol. The molecule has 0 aliphatic carbocycles. The number of piperazine rings is 1. The Hall–Kier alpha value is -1.54. The SMILES string of the molecule is O=NN([O-])N1CCN(CCN=Cc2ccccc2[O-])CC1.[Ni+2]. The summed E-state index contributed by atoms with van der Waals surface area (Å²) in [7, 11) is 0. The molecular formula is C13H17N5NiO3. The fourth-order valence-corrected chi connectivity index (χ4v) is 2.13. The van der Waals surface area contributed by atoms with Crippen LogP contribution in [0.5, 0.6) is 5.75 Å². The van der Waals surface area contributed by atoms with Gasteiger partial charge in [0.05, 0.1) is 11.8 Å². The number of para-hydroxylation sites is 1. The van der Waals surface area contributed by atoms with Crippen LogP contribution in [-0.4, -0.2) is 60.7 Å². The molecule has 1 saturated heterocycles. The van der Waals surface area contributed by atoms with Crippen molar-refractivity contribution in [2.75, 3.05) is 39.3 Å². The van der Waals surface area contributed by atoms with Crippen LogP contribution in [0.2, 0.25) is 0 Å². The largest absolute Gasteiger partial charge is 2.00 e. The van der Waals surface area contributed by atoms with E-state index in [1.54, 1.807) is 24.4 Å². The number of nitrogens with zero attached hydrogens (tertiary/aromatic N) is 5. The first-order chi connectivity index (χ1) is 10.2. The van der Waals surface area contributed by atoms with Gasteiger partial charge in [-0.15, -0.1) is 10.7 Å². The Morgan fingerprint density at radius 3 is 2.55 bits per heavy atom. The predicted molar refractivity (Wildman–Crippen MR) is 77.4 cm³/mol. The first kappa shape index (κ1) is 18.5. The fraction of sp³-hybridized carbons (Fsp3) is 0.462. The summed E-state index contributed by atoms with van der Waals surface area (Å²) in [5.41, 5.74) is 0.585. The smallest absolute Gasteiger partial charge is 0.872 e. The predicted octanol–water partition coefficient (Wildman–Crippen LogP) is 0.190. The molecule has 0 spiro atoms. The molecule has 122 valence electrons. The van der Waals surface area contributed by atoms with E-state index in [1.807, 2.05) is 0 Å². The van der Waals surface area contributed by atoms with E-state index in [1.165, 1.54) is 11.1 Å². The van der Waals surface area contributed by atoms with Crippen molar-refractivity contribution in [3.8, 4) is 5.75 Å². The van der Waals surface area contributed by atoms with Crippen LogP contribution < -0.4 is 5.11 Å². The van der Waals surface area contributed by atoms with Crippen molar-refractivity contribution in [2.24, 2.45) is 10.3 Å². The minimum absolute atomic E-state index is 0. The summed E-state index contributed by atoms with van der Waals surface area (Å²) in [6.07, 6.45) is 1.59. The zero-order valence-corrected chi connectivity index (χ0v) is 12.9. The number of hydrazine groups is 1. The third-order valence-electron chi connectivity index (χ3n) is 3.36. The van der Waals surface area contributed by atoms with Crippen molar-refractivity contribution < 1.29 is 21.6 Å². The molecule has 0 N–H and O–H groups in total. The molecule has 0 unspecified atom stereocenters. The van der Waals surface area contributed by atoms with Crippen molar-refractivity contribution in [2.45, 2.75) is 0 Å². The Morgan fingerprint density at radius 1 is 1.23 bits per heavy atom. The Balaban J connectivity index is 0.00000242. The average molecular weight is 350 g/mol. The van der Waals surface area contributed by atoms with Crippen LogP contribution in [0.25, 0.3) is 0 Å². The molecule has 1 aromatic rings. The summed E-state index contributed by atoms with van der Waals surface area (Å²) in [6, 6.07) is 6.75. The maximum Gasteiger partial charge on any atom is 2.00 e. The van der Waals surface area contributed by atoms with E-state index in [0.29, 0.717) is 38.3 Å². The minimum atomic E-state index is -0.0354. The van der Waals surface area contributed by atoms with Crippen molar-refractivity contribution in [3.63, 3.8) is 0 Å². The van der Waals surface area contributed by atoms with Crippen LogP contribution in [0.15, 0.2) is 34.5 Å². The summed E-state index contributed by atoms with van der Waals surface area (Å²) in [4.78, 5) is 16.5. The number of hydrogen-bond acceptors (Lipinski definition) is 7. The van der Waals surface area contributed by atoms with Gasteiger partial charge in [0.2, 0.25) is 0 Å². The molecule has 0 bridgehead atoms. The normalized spacial score (nSPS) is 16.4. The molecule has 0 saturated carbocycles. The standard InChI is InChI=1S/C13H18N5O3.Ni/c19-13-4-2-1-3-12(13)11-14-5-6-16-7-9-17(10-8-16)18(21)15-20;/h1-4,11,19H,5-10H2;/q-1;+2/p-1. The number of rotatable bonds is 6. The van der Waals surface area contributed by atoms with Gasteiger partial charge in [-0.05, 0) is 5.56 Å². The third-order valence-corrected chi connectivity index (χ3v) is 3.36. The van der Waals surface area contributed by atoms with Crippen LogP contribution in [0.3, 0.4) is 0 Å². The first-order valence-electron chi connectivity index (χ1n) is 6.74. The Kier molecular flexibility index (Phi) is 7.97. The van der Waals surface area contributed by atoms with E-state index in [2.05, 4.69) is 15.2 Å². The first-order valence-corrected chi connectivity index (χ1v) is 6.74. The minimum Gasteiger partial charge on any atom is -0.872 e. The summed E-state index contributed by atoms with van der Waals surface area (Å²) < 4.78 is 0. The molecule has 2 rings (SSSR count). The van der Waals surface area contributed by atoms with Crippen molar-refractivity contribution >= 4 is 6.21 Å². The second kappa shape index (κ2) is 9.47. The van der Waals surface area contributed by atoms with E-state index in [-0.39, 0.29) is 27.5 Å². The van der Waals surface area contributed by atoms with Gasteiger partial charge in [0.25, 0.3) is 0 Å². The molecule has 1 aliphatic rings. The second-order valence-electron chi connectivity index (χ2n) is 4.70. The van der Waals surface area contributed by atoms with Gasteiger partial charge in [0, 0.05) is 38.9 Å². The molecule has 0 atom stereocenters. The molecule has 1 heterocycles. The molecule has 0 radical (unpaired) electrons. The molecule has 1 aromatic carbocycles. The Labute approximate surface area is 138 Å².